The number of carbonyl (C=O) groups excluding carboxylic acids is 3. The van der Waals surface area contributed by atoms with Crippen LogP contribution in [0.3, 0.4) is 0 Å². The topological polar surface area (TPSA) is 114 Å². The van der Waals surface area contributed by atoms with Crippen molar-refractivity contribution in [1.29, 1.82) is 0 Å². The first-order valence-electron chi connectivity index (χ1n) is 18.3. The highest BCUT2D eigenvalue weighted by atomic mass is 16.6. The quantitative estimate of drug-likeness (QED) is 0.133. The van der Waals surface area contributed by atoms with Crippen LogP contribution >= 0.6 is 0 Å². The van der Waals surface area contributed by atoms with Gasteiger partial charge in [0.1, 0.15) is 12.7 Å². The molecular formula is C41H44N2O7. The van der Waals surface area contributed by atoms with Gasteiger partial charge >= 0.3 is 17.9 Å². The summed E-state index contributed by atoms with van der Waals surface area (Å²) in [6.07, 6.45) is 9.65. The van der Waals surface area contributed by atoms with Gasteiger partial charge in [0, 0.05) is 29.9 Å². The molecule has 0 saturated heterocycles. The van der Waals surface area contributed by atoms with Gasteiger partial charge in [0.15, 0.2) is 0 Å². The van der Waals surface area contributed by atoms with Gasteiger partial charge in [-0.3, -0.25) is 14.4 Å². The van der Waals surface area contributed by atoms with Crippen molar-refractivity contribution in [1.82, 2.24) is 9.55 Å². The van der Waals surface area contributed by atoms with Crippen LogP contribution in [0.4, 0.5) is 0 Å². The number of hydrogen-bond donors (Lipinski definition) is 0. The molecule has 4 aliphatic carbocycles. The van der Waals surface area contributed by atoms with Gasteiger partial charge in [0.05, 0.1) is 34.9 Å². The Labute approximate surface area is 291 Å². The highest BCUT2D eigenvalue weighted by Crippen LogP contribution is 2.66. The first-order chi connectivity index (χ1) is 23.9. The molecule has 3 saturated carbocycles. The highest BCUT2D eigenvalue weighted by Gasteiger charge is 2.61. The van der Waals surface area contributed by atoms with E-state index in [0.717, 1.165) is 61.4 Å². The average Bonchev–Trinajstić information content (AvgIpc) is 3.63. The maximum Gasteiger partial charge on any atom is 0.355 e. The first kappa shape index (κ1) is 31.7. The summed E-state index contributed by atoms with van der Waals surface area (Å²) in [4.78, 5) is 58.5. The van der Waals surface area contributed by atoms with Crippen LogP contribution in [0.1, 0.15) is 95.8 Å². The number of fused-ring (bicyclic) bond motifs is 10. The fourth-order valence-corrected chi connectivity index (χ4v) is 11.4. The third-order valence-electron chi connectivity index (χ3n) is 14.0. The molecule has 1 aromatic carbocycles. The number of rotatable bonds is 3. The van der Waals surface area contributed by atoms with Crippen molar-refractivity contribution in [2.75, 3.05) is 0 Å². The van der Waals surface area contributed by atoms with Crippen LogP contribution in [0, 0.1) is 34.5 Å². The molecule has 3 aromatic rings. The molecule has 9 heteroatoms. The maximum absolute atomic E-state index is 14.4. The van der Waals surface area contributed by atoms with Crippen LogP contribution in [-0.2, 0) is 47.3 Å². The summed E-state index contributed by atoms with van der Waals surface area (Å²) in [6, 6.07) is 11.7. The molecule has 260 valence electrons. The maximum atomic E-state index is 14.4. The van der Waals surface area contributed by atoms with Crippen LogP contribution in [0.25, 0.3) is 22.3 Å². The lowest BCUT2D eigenvalue weighted by molar-refractivity contribution is -0.192. The Morgan fingerprint density at radius 2 is 1.82 bits per heavy atom. The number of ether oxygens (including phenoxy) is 3. The third-order valence-corrected chi connectivity index (χ3v) is 14.0. The summed E-state index contributed by atoms with van der Waals surface area (Å²) in [5.74, 6) is -0.253. The third kappa shape index (κ3) is 4.40. The van der Waals surface area contributed by atoms with Gasteiger partial charge in [0.2, 0.25) is 5.60 Å². The Bertz CT molecular complexity index is 2100. The van der Waals surface area contributed by atoms with E-state index < -0.39 is 11.6 Å². The zero-order valence-corrected chi connectivity index (χ0v) is 29.3. The molecule has 0 N–H and O–H groups in total. The molecule has 2 aliphatic heterocycles. The van der Waals surface area contributed by atoms with Crippen LogP contribution in [0.5, 0.6) is 0 Å². The number of pyridine rings is 2. The van der Waals surface area contributed by atoms with Gasteiger partial charge in [-0.1, -0.05) is 43.7 Å². The average molecular weight is 677 g/mol. The molecule has 3 fully saturated rings. The molecule has 9 nitrogen and oxygen atoms in total. The molecule has 8 atom stereocenters. The summed E-state index contributed by atoms with van der Waals surface area (Å²) < 4.78 is 19.2. The number of aromatic nitrogens is 2. The summed E-state index contributed by atoms with van der Waals surface area (Å²) >= 11 is 0. The monoisotopic (exact) mass is 676 g/mol. The molecule has 0 spiro atoms. The number of para-hydroxylation sites is 1. The lowest BCUT2D eigenvalue weighted by Gasteiger charge is -2.58. The Morgan fingerprint density at radius 1 is 1.00 bits per heavy atom. The number of allylic oxidation sites excluding steroid dienone is 1. The number of benzene rings is 1. The summed E-state index contributed by atoms with van der Waals surface area (Å²) in [5, 5.41) is 0.997. The minimum Gasteiger partial charge on any atom is -0.462 e. The molecule has 0 bridgehead atoms. The van der Waals surface area contributed by atoms with E-state index in [1.54, 1.807) is 11.5 Å². The number of cyclic esters (lactones) is 1. The Hall–Kier alpha value is -4.27. The molecule has 7 unspecified atom stereocenters. The second kappa shape index (κ2) is 10.9. The lowest BCUT2D eigenvalue weighted by Crippen LogP contribution is -2.52. The molecule has 9 rings (SSSR count). The zero-order chi connectivity index (χ0) is 34.7. The summed E-state index contributed by atoms with van der Waals surface area (Å²) in [7, 11) is 0. The van der Waals surface area contributed by atoms with E-state index in [9.17, 15) is 19.2 Å². The van der Waals surface area contributed by atoms with Gasteiger partial charge in [-0.25, -0.2) is 9.78 Å². The number of hydrogen-bond acceptors (Lipinski definition) is 8. The second-order valence-corrected chi connectivity index (χ2v) is 16.4. The molecule has 2 aromatic heterocycles. The van der Waals surface area contributed by atoms with Crippen molar-refractivity contribution in [3.05, 3.63) is 75.1 Å². The second-order valence-electron chi connectivity index (χ2n) is 16.4. The van der Waals surface area contributed by atoms with E-state index in [1.165, 1.54) is 12.5 Å². The summed E-state index contributed by atoms with van der Waals surface area (Å²) in [6.45, 7) is 7.96. The van der Waals surface area contributed by atoms with Crippen molar-refractivity contribution in [3.8, 4) is 11.4 Å². The predicted molar refractivity (Wildman–Crippen MR) is 185 cm³/mol. The largest absolute Gasteiger partial charge is 0.462 e. The van der Waals surface area contributed by atoms with E-state index in [2.05, 4.69) is 26.0 Å². The van der Waals surface area contributed by atoms with Crippen LogP contribution in [0.2, 0.25) is 0 Å². The molecular weight excluding hydrogens is 632 g/mol. The molecule has 0 radical (unpaired) electrons. The van der Waals surface area contributed by atoms with E-state index in [-0.39, 0.29) is 47.0 Å². The molecule has 50 heavy (non-hydrogen) atoms. The number of carbonyl (C=O) groups is 3. The van der Waals surface area contributed by atoms with Gasteiger partial charge < -0.3 is 18.8 Å². The zero-order valence-electron chi connectivity index (χ0n) is 29.3. The fourth-order valence-electron chi connectivity index (χ4n) is 11.4. The van der Waals surface area contributed by atoms with E-state index in [4.69, 9.17) is 19.2 Å². The standard InChI is InChI=1S/C41H44N2O7/c1-22(44)49-26-13-15-39(2)25(18-26)9-10-27-29-11-12-31(40(29,3)16-14-30(27)39)37(46)50-41(4)32-19-34-35-24(17-23-7-5-6-8-33(23)42-35)20-43(34)36(45)28(32)21-48-38(41)47/h5-9,17,19,26-27,29-31H,10-16,18,20-21H2,1-4H3/t26?,27?,29?,30?,31?,39?,40?,41-/m0/s1. The Morgan fingerprint density at radius 3 is 2.64 bits per heavy atom. The minimum absolute atomic E-state index is 0.0379. The van der Waals surface area contributed by atoms with E-state index in [0.29, 0.717) is 53.2 Å². The first-order valence-corrected chi connectivity index (χ1v) is 18.3. The molecule has 6 aliphatic rings. The van der Waals surface area contributed by atoms with Gasteiger partial charge in [-0.05, 0) is 98.7 Å². The van der Waals surface area contributed by atoms with E-state index in [1.807, 2.05) is 30.3 Å². The Kier molecular flexibility index (Phi) is 6.89. The summed E-state index contributed by atoms with van der Waals surface area (Å²) in [5.41, 5.74) is 3.09. The fraction of sp³-hybridized carbons (Fsp3) is 0.537. The van der Waals surface area contributed by atoms with Crippen molar-refractivity contribution < 1.29 is 28.6 Å². The number of esters is 3. The van der Waals surface area contributed by atoms with Crippen LogP contribution < -0.4 is 5.56 Å². The number of nitrogens with zero attached hydrogens (tertiary/aromatic N) is 2. The molecule has 4 heterocycles. The van der Waals surface area contributed by atoms with E-state index >= 15 is 0 Å². The van der Waals surface area contributed by atoms with Crippen molar-refractivity contribution in [3.63, 3.8) is 0 Å². The van der Waals surface area contributed by atoms with Crippen molar-refractivity contribution >= 4 is 28.8 Å². The Balaban J connectivity index is 1.00. The normalized spacial score (nSPS) is 35.0. The van der Waals surface area contributed by atoms with Crippen molar-refractivity contribution in [2.45, 2.75) is 104 Å². The predicted octanol–water partition coefficient (Wildman–Crippen LogP) is 6.75. The highest BCUT2D eigenvalue weighted by molar-refractivity contribution is 5.88. The van der Waals surface area contributed by atoms with Gasteiger partial charge in [-0.15, -0.1) is 0 Å². The SMILES string of the molecule is CC(=O)OC1CCC2(C)C(=CCC3C2CCC2(C)C(C(=O)O[C@]4(C)C(=O)OCc5c4cc4n(c5=O)Cc5cc6ccccc6nc5-4)CCC32)C1. The molecule has 0 amide bonds. The van der Waals surface area contributed by atoms with Gasteiger partial charge in [-0.2, -0.15) is 0 Å². The van der Waals surface area contributed by atoms with Crippen LogP contribution in [0.15, 0.2) is 52.8 Å². The van der Waals surface area contributed by atoms with Crippen LogP contribution in [-0.4, -0.2) is 33.6 Å². The van der Waals surface area contributed by atoms with Gasteiger partial charge in [0.25, 0.3) is 5.56 Å². The lowest BCUT2D eigenvalue weighted by atomic mass is 9.47. The van der Waals surface area contributed by atoms with Crippen molar-refractivity contribution in [2.24, 2.45) is 34.5 Å². The smallest absolute Gasteiger partial charge is 0.355 e. The minimum atomic E-state index is -1.75.